The van der Waals surface area contributed by atoms with E-state index in [2.05, 4.69) is 27.7 Å². The Balaban J connectivity index is 2.01. The van der Waals surface area contributed by atoms with Crippen LogP contribution >= 0.6 is 0 Å². The lowest BCUT2D eigenvalue weighted by molar-refractivity contribution is -0.0591. The molecule has 3 heteroatoms. The smallest absolute Gasteiger partial charge is 0.185 e. The van der Waals surface area contributed by atoms with Crippen LogP contribution in [0.25, 0.3) is 0 Å². The summed E-state index contributed by atoms with van der Waals surface area (Å²) in [6.45, 7) is 9.10. The molecule has 1 aliphatic carbocycles. The van der Waals surface area contributed by atoms with Crippen molar-refractivity contribution in [3.05, 3.63) is 0 Å². The fourth-order valence-corrected chi connectivity index (χ4v) is 4.31. The Morgan fingerprint density at radius 1 is 1.30 bits per heavy atom. The number of methoxy groups -OCH3 is 1. The molecule has 0 aromatic heterocycles. The highest BCUT2D eigenvalue weighted by molar-refractivity contribution is 5.09. The molecule has 2 aliphatic rings. The van der Waals surface area contributed by atoms with Crippen LogP contribution in [0.3, 0.4) is 0 Å². The molecule has 20 heavy (non-hydrogen) atoms. The van der Waals surface area contributed by atoms with Crippen LogP contribution in [-0.4, -0.2) is 30.2 Å². The maximum atomic E-state index is 10.0. The minimum absolute atomic E-state index is 0.227. The summed E-state index contributed by atoms with van der Waals surface area (Å²) in [6.07, 6.45) is 5.47. The highest BCUT2D eigenvalue weighted by Gasteiger charge is 2.66. The van der Waals surface area contributed by atoms with Gasteiger partial charge in [0.2, 0.25) is 0 Å². The predicted molar refractivity (Wildman–Crippen MR) is 80.4 cm³/mol. The van der Waals surface area contributed by atoms with Gasteiger partial charge in [-0.2, -0.15) is 0 Å². The van der Waals surface area contributed by atoms with Gasteiger partial charge in [0.15, 0.2) is 6.29 Å². The zero-order chi connectivity index (χ0) is 14.9. The van der Waals surface area contributed by atoms with Crippen LogP contribution in [0.2, 0.25) is 0 Å². The molecule has 2 unspecified atom stereocenters. The first-order chi connectivity index (χ1) is 9.40. The van der Waals surface area contributed by atoms with Gasteiger partial charge < -0.3 is 14.6 Å². The standard InChI is InChI=1S/C17H32O3/c1-11(2)7-6-8-13(4)15-14(19-5)9-12(3)10-17(15)16(18)20-17/h11-16,18H,6-10H2,1-5H3/t12-,13?,14+,15+,16?,17-/m1/s1. The van der Waals surface area contributed by atoms with E-state index in [-0.39, 0.29) is 11.7 Å². The Labute approximate surface area is 124 Å². The van der Waals surface area contributed by atoms with Crippen molar-refractivity contribution < 1.29 is 14.6 Å². The first-order valence-electron chi connectivity index (χ1n) is 8.29. The number of epoxide rings is 1. The number of hydrogen-bond donors (Lipinski definition) is 1. The Hall–Kier alpha value is -0.120. The Morgan fingerprint density at radius 3 is 2.45 bits per heavy atom. The maximum Gasteiger partial charge on any atom is 0.185 e. The van der Waals surface area contributed by atoms with Crippen LogP contribution in [0.4, 0.5) is 0 Å². The van der Waals surface area contributed by atoms with E-state index in [0.29, 0.717) is 17.8 Å². The summed E-state index contributed by atoms with van der Waals surface area (Å²) in [5, 5.41) is 10.0. The van der Waals surface area contributed by atoms with Crippen molar-refractivity contribution in [2.75, 3.05) is 7.11 Å². The van der Waals surface area contributed by atoms with Gasteiger partial charge in [0, 0.05) is 13.0 Å². The van der Waals surface area contributed by atoms with E-state index in [4.69, 9.17) is 9.47 Å². The molecule has 3 nitrogen and oxygen atoms in total. The molecular formula is C17H32O3. The number of rotatable bonds is 6. The Bertz CT molecular complexity index is 317. The average molecular weight is 284 g/mol. The summed E-state index contributed by atoms with van der Waals surface area (Å²) in [7, 11) is 1.80. The summed E-state index contributed by atoms with van der Waals surface area (Å²) in [5.41, 5.74) is -0.310. The molecule has 0 aromatic carbocycles. The largest absolute Gasteiger partial charge is 0.381 e. The van der Waals surface area contributed by atoms with Crippen LogP contribution < -0.4 is 0 Å². The fraction of sp³-hybridized carbons (Fsp3) is 1.00. The third-order valence-corrected chi connectivity index (χ3v) is 5.32. The molecule has 2 rings (SSSR count). The number of aliphatic hydroxyl groups excluding tert-OH is 1. The molecular weight excluding hydrogens is 252 g/mol. The highest BCUT2D eigenvalue weighted by Crippen LogP contribution is 2.55. The van der Waals surface area contributed by atoms with Crippen LogP contribution in [0, 0.1) is 23.7 Å². The zero-order valence-corrected chi connectivity index (χ0v) is 13.8. The fourth-order valence-electron chi connectivity index (χ4n) is 4.31. The second kappa shape index (κ2) is 6.33. The van der Waals surface area contributed by atoms with E-state index in [1.807, 2.05) is 0 Å². The number of ether oxygens (including phenoxy) is 2. The summed E-state index contributed by atoms with van der Waals surface area (Å²) in [4.78, 5) is 0. The van der Waals surface area contributed by atoms with Gasteiger partial charge >= 0.3 is 0 Å². The average Bonchev–Trinajstić information content (AvgIpc) is 2.97. The van der Waals surface area contributed by atoms with Gasteiger partial charge in [-0.25, -0.2) is 0 Å². The first kappa shape index (κ1) is 16.3. The second-order valence-corrected chi connectivity index (χ2v) is 7.57. The van der Waals surface area contributed by atoms with Crippen molar-refractivity contribution in [2.24, 2.45) is 23.7 Å². The minimum atomic E-state index is -0.569. The molecule has 0 aromatic rings. The Morgan fingerprint density at radius 2 is 1.95 bits per heavy atom. The van der Waals surface area contributed by atoms with Gasteiger partial charge in [-0.1, -0.05) is 47.0 Å². The van der Waals surface area contributed by atoms with E-state index in [0.717, 1.165) is 18.8 Å². The van der Waals surface area contributed by atoms with Gasteiger partial charge in [-0.3, -0.25) is 0 Å². The SMILES string of the molecule is CO[C@H]1C[C@@H](C)C[C@@]2(OC2O)[C@H]1C(C)CCCC(C)C. The lowest BCUT2D eigenvalue weighted by atomic mass is 9.66. The summed E-state index contributed by atoms with van der Waals surface area (Å²) >= 11 is 0. The van der Waals surface area contributed by atoms with Gasteiger partial charge in [-0.05, 0) is 30.6 Å². The maximum absolute atomic E-state index is 10.0. The van der Waals surface area contributed by atoms with E-state index in [1.54, 1.807) is 7.11 Å². The minimum Gasteiger partial charge on any atom is -0.381 e. The lowest BCUT2D eigenvalue weighted by Crippen LogP contribution is -2.47. The topological polar surface area (TPSA) is 42.0 Å². The molecule has 1 aliphatic heterocycles. The number of aliphatic hydroxyl groups is 1. The molecule has 1 heterocycles. The van der Waals surface area contributed by atoms with Crippen molar-refractivity contribution in [3.63, 3.8) is 0 Å². The quantitative estimate of drug-likeness (QED) is 0.758. The van der Waals surface area contributed by atoms with Crippen molar-refractivity contribution in [1.29, 1.82) is 0 Å². The second-order valence-electron chi connectivity index (χ2n) is 7.57. The third kappa shape index (κ3) is 3.20. The van der Waals surface area contributed by atoms with Crippen LogP contribution in [0.5, 0.6) is 0 Å². The van der Waals surface area contributed by atoms with E-state index < -0.39 is 6.29 Å². The van der Waals surface area contributed by atoms with E-state index in [9.17, 15) is 5.11 Å². The van der Waals surface area contributed by atoms with Crippen molar-refractivity contribution >= 4 is 0 Å². The molecule has 1 N–H and O–H groups in total. The van der Waals surface area contributed by atoms with E-state index in [1.165, 1.54) is 19.3 Å². The molecule has 1 spiro atoms. The monoisotopic (exact) mass is 284 g/mol. The van der Waals surface area contributed by atoms with Crippen molar-refractivity contribution in [2.45, 2.75) is 77.8 Å². The van der Waals surface area contributed by atoms with Gasteiger partial charge in [0.05, 0.1) is 6.10 Å². The molecule has 1 saturated carbocycles. The van der Waals surface area contributed by atoms with Crippen molar-refractivity contribution in [3.8, 4) is 0 Å². The lowest BCUT2D eigenvalue weighted by Gasteiger charge is -2.42. The molecule has 2 fully saturated rings. The Kier molecular flexibility index (Phi) is 5.14. The van der Waals surface area contributed by atoms with Gasteiger partial charge in [-0.15, -0.1) is 0 Å². The summed E-state index contributed by atoms with van der Waals surface area (Å²) in [6, 6.07) is 0. The third-order valence-electron chi connectivity index (χ3n) is 5.32. The molecule has 0 bridgehead atoms. The van der Waals surface area contributed by atoms with Gasteiger partial charge in [0.25, 0.3) is 0 Å². The molecule has 0 amide bonds. The summed E-state index contributed by atoms with van der Waals surface area (Å²) < 4.78 is 11.4. The van der Waals surface area contributed by atoms with E-state index >= 15 is 0 Å². The number of hydrogen-bond acceptors (Lipinski definition) is 3. The predicted octanol–water partition coefficient (Wildman–Crippen LogP) is 3.60. The summed E-state index contributed by atoms with van der Waals surface area (Å²) in [5.74, 6) is 2.22. The zero-order valence-electron chi connectivity index (χ0n) is 13.8. The highest BCUT2D eigenvalue weighted by atomic mass is 16.7. The van der Waals surface area contributed by atoms with Crippen LogP contribution in [0.15, 0.2) is 0 Å². The molecule has 118 valence electrons. The molecule has 0 radical (unpaired) electrons. The molecule has 1 saturated heterocycles. The normalized spacial score (nSPS) is 42.1. The molecule has 6 atom stereocenters. The van der Waals surface area contributed by atoms with Crippen molar-refractivity contribution in [1.82, 2.24) is 0 Å². The van der Waals surface area contributed by atoms with Crippen LogP contribution in [-0.2, 0) is 9.47 Å². The van der Waals surface area contributed by atoms with Gasteiger partial charge in [0.1, 0.15) is 5.60 Å². The first-order valence-corrected chi connectivity index (χ1v) is 8.29. The van der Waals surface area contributed by atoms with Crippen LogP contribution in [0.1, 0.15) is 59.8 Å².